The normalized spacial score (nSPS) is 17.0. The first-order valence-electron chi connectivity index (χ1n) is 10.3. The Morgan fingerprint density at radius 2 is 1.36 bits per heavy atom. The van der Waals surface area contributed by atoms with Gasteiger partial charge in [0.25, 0.3) is 0 Å². The second-order valence-corrected chi connectivity index (χ2v) is 9.57. The van der Waals surface area contributed by atoms with E-state index in [9.17, 15) is 0 Å². The molecule has 0 saturated heterocycles. The monoisotopic (exact) mass is 369 g/mol. The molecule has 1 heteroatoms. The van der Waals surface area contributed by atoms with Crippen LogP contribution in [0.2, 0.25) is 0 Å². The number of anilines is 2. The Labute approximate surface area is 169 Å². The smallest absolute Gasteiger partial charge is 0.0467 e. The third kappa shape index (κ3) is 3.46. The van der Waals surface area contributed by atoms with Gasteiger partial charge in [0.2, 0.25) is 0 Å². The minimum absolute atomic E-state index is 0.198. The molecule has 1 N–H and O–H groups in total. The van der Waals surface area contributed by atoms with Gasteiger partial charge in [-0.1, -0.05) is 70.2 Å². The first-order chi connectivity index (χ1) is 13.3. The molecule has 0 radical (unpaired) electrons. The van der Waals surface area contributed by atoms with E-state index < -0.39 is 0 Å². The summed E-state index contributed by atoms with van der Waals surface area (Å²) >= 11 is 0. The minimum Gasteiger partial charge on any atom is -0.355 e. The largest absolute Gasteiger partial charge is 0.355 e. The van der Waals surface area contributed by atoms with Crippen LogP contribution in [0.15, 0.2) is 66.7 Å². The highest BCUT2D eigenvalue weighted by atomic mass is 14.9. The van der Waals surface area contributed by atoms with Gasteiger partial charge in [0.05, 0.1) is 0 Å². The highest BCUT2D eigenvalue weighted by Crippen LogP contribution is 2.49. The summed E-state index contributed by atoms with van der Waals surface area (Å²) in [5.41, 5.74) is 9.54. The first-order valence-corrected chi connectivity index (χ1v) is 10.3. The summed E-state index contributed by atoms with van der Waals surface area (Å²) in [5.74, 6) is 0. The summed E-state index contributed by atoms with van der Waals surface area (Å²) in [7, 11) is 0. The molecular weight excluding hydrogens is 338 g/mol. The van der Waals surface area contributed by atoms with Gasteiger partial charge in [-0.25, -0.2) is 0 Å². The molecule has 28 heavy (non-hydrogen) atoms. The molecule has 1 aliphatic carbocycles. The van der Waals surface area contributed by atoms with Gasteiger partial charge in [-0.05, 0) is 77.1 Å². The molecule has 4 rings (SSSR count). The molecule has 1 nitrogen and oxygen atoms in total. The third-order valence-corrected chi connectivity index (χ3v) is 6.37. The van der Waals surface area contributed by atoms with E-state index in [-0.39, 0.29) is 10.8 Å². The zero-order valence-electron chi connectivity index (χ0n) is 17.8. The number of nitrogens with one attached hydrogen (secondary N) is 1. The lowest BCUT2D eigenvalue weighted by Crippen LogP contribution is -2.34. The molecule has 3 aromatic carbocycles. The van der Waals surface area contributed by atoms with Crippen LogP contribution >= 0.6 is 0 Å². The van der Waals surface area contributed by atoms with Gasteiger partial charge < -0.3 is 5.32 Å². The quantitative estimate of drug-likeness (QED) is 0.497. The molecule has 0 fully saturated rings. The lowest BCUT2D eigenvalue weighted by Gasteiger charge is -2.42. The van der Waals surface area contributed by atoms with E-state index in [1.54, 1.807) is 0 Å². The number of rotatable bonds is 3. The number of benzene rings is 3. The maximum atomic E-state index is 3.73. The van der Waals surface area contributed by atoms with E-state index in [2.05, 4.69) is 107 Å². The van der Waals surface area contributed by atoms with Crippen LogP contribution in [0.4, 0.5) is 11.4 Å². The number of aryl methyl sites for hydroxylation is 1. The van der Waals surface area contributed by atoms with Gasteiger partial charge in [-0.15, -0.1) is 0 Å². The van der Waals surface area contributed by atoms with Gasteiger partial charge >= 0.3 is 0 Å². The molecule has 0 amide bonds. The third-order valence-electron chi connectivity index (χ3n) is 6.37. The molecule has 1 aliphatic rings. The Bertz CT molecular complexity index is 996. The second-order valence-electron chi connectivity index (χ2n) is 9.57. The Morgan fingerprint density at radius 3 is 2.00 bits per heavy atom. The Hall–Kier alpha value is -2.54. The topological polar surface area (TPSA) is 12.0 Å². The SMILES string of the molecule is Cc1cccc(Nc2cc3c(cc2-c2ccccc2)C(C)(C)CCC3(C)C)c1. The van der Waals surface area contributed by atoms with Crippen molar-refractivity contribution in [3.8, 4) is 11.1 Å². The Kier molecular flexibility index (Phi) is 4.57. The summed E-state index contributed by atoms with van der Waals surface area (Å²) in [6.45, 7) is 11.7. The molecule has 0 atom stereocenters. The molecule has 0 bridgehead atoms. The molecule has 0 saturated carbocycles. The fourth-order valence-corrected chi connectivity index (χ4v) is 4.45. The van der Waals surface area contributed by atoms with Crippen LogP contribution in [0.5, 0.6) is 0 Å². The summed E-state index contributed by atoms with van der Waals surface area (Å²) < 4.78 is 0. The molecule has 0 spiro atoms. The average molecular weight is 370 g/mol. The van der Waals surface area contributed by atoms with E-state index in [4.69, 9.17) is 0 Å². The van der Waals surface area contributed by atoms with Crippen molar-refractivity contribution < 1.29 is 0 Å². The van der Waals surface area contributed by atoms with Gasteiger partial charge in [0.15, 0.2) is 0 Å². The zero-order valence-corrected chi connectivity index (χ0v) is 17.8. The Balaban J connectivity index is 1.93. The van der Waals surface area contributed by atoms with Crippen LogP contribution in [0.3, 0.4) is 0 Å². The van der Waals surface area contributed by atoms with Crippen LogP contribution in [-0.2, 0) is 10.8 Å². The predicted molar refractivity (Wildman–Crippen MR) is 122 cm³/mol. The molecule has 3 aromatic rings. The van der Waals surface area contributed by atoms with Crippen molar-refractivity contribution in [2.24, 2.45) is 0 Å². The van der Waals surface area contributed by atoms with Crippen LogP contribution in [-0.4, -0.2) is 0 Å². The van der Waals surface area contributed by atoms with Crippen molar-refractivity contribution in [1.29, 1.82) is 0 Å². The predicted octanol–water partition coefficient (Wildman–Crippen LogP) is 7.75. The highest BCUT2D eigenvalue weighted by molar-refractivity contribution is 5.83. The number of hydrogen-bond donors (Lipinski definition) is 1. The molecular formula is C27H31N. The van der Waals surface area contributed by atoms with Gasteiger partial charge in [0.1, 0.15) is 0 Å². The standard InChI is InChI=1S/C27H31N/c1-19-10-9-13-21(16-19)28-25-18-24-23(26(2,3)14-15-27(24,4)5)17-22(25)20-11-7-6-8-12-20/h6-13,16-18,28H,14-15H2,1-5H3. The van der Waals surface area contributed by atoms with Crippen LogP contribution in [0, 0.1) is 6.92 Å². The van der Waals surface area contributed by atoms with Crippen molar-refractivity contribution in [2.45, 2.75) is 58.3 Å². The van der Waals surface area contributed by atoms with Gasteiger partial charge in [0, 0.05) is 16.9 Å². The summed E-state index contributed by atoms with van der Waals surface area (Å²) in [6, 6.07) is 24.2. The van der Waals surface area contributed by atoms with E-state index in [1.807, 2.05) is 0 Å². The van der Waals surface area contributed by atoms with E-state index in [0.29, 0.717) is 0 Å². The van der Waals surface area contributed by atoms with Gasteiger partial charge in [-0.2, -0.15) is 0 Å². The van der Waals surface area contributed by atoms with E-state index >= 15 is 0 Å². The maximum absolute atomic E-state index is 3.73. The molecule has 0 aliphatic heterocycles. The van der Waals surface area contributed by atoms with Gasteiger partial charge in [-0.3, -0.25) is 0 Å². The second kappa shape index (κ2) is 6.81. The molecule has 0 heterocycles. The minimum atomic E-state index is 0.198. The lowest BCUT2D eigenvalue weighted by atomic mass is 9.62. The first kappa shape index (κ1) is 18.8. The average Bonchev–Trinajstić information content (AvgIpc) is 2.66. The van der Waals surface area contributed by atoms with Crippen molar-refractivity contribution in [3.63, 3.8) is 0 Å². The van der Waals surface area contributed by atoms with Crippen molar-refractivity contribution in [3.05, 3.63) is 83.4 Å². The maximum Gasteiger partial charge on any atom is 0.0467 e. The van der Waals surface area contributed by atoms with Crippen molar-refractivity contribution in [2.75, 3.05) is 5.32 Å². The summed E-state index contributed by atoms with van der Waals surface area (Å²) in [5, 5.41) is 3.73. The highest BCUT2D eigenvalue weighted by Gasteiger charge is 2.37. The molecule has 0 aromatic heterocycles. The summed E-state index contributed by atoms with van der Waals surface area (Å²) in [4.78, 5) is 0. The van der Waals surface area contributed by atoms with E-state index in [0.717, 1.165) is 5.69 Å². The zero-order chi connectivity index (χ0) is 19.9. The van der Waals surface area contributed by atoms with Crippen LogP contribution in [0.25, 0.3) is 11.1 Å². The molecule has 144 valence electrons. The fraction of sp³-hybridized carbons (Fsp3) is 0.333. The van der Waals surface area contributed by atoms with Crippen molar-refractivity contribution >= 4 is 11.4 Å². The summed E-state index contributed by atoms with van der Waals surface area (Å²) in [6.07, 6.45) is 2.45. The fourth-order valence-electron chi connectivity index (χ4n) is 4.45. The molecule has 0 unspecified atom stereocenters. The van der Waals surface area contributed by atoms with Crippen LogP contribution < -0.4 is 5.32 Å². The number of hydrogen-bond acceptors (Lipinski definition) is 1. The van der Waals surface area contributed by atoms with Crippen LogP contribution in [0.1, 0.15) is 57.2 Å². The van der Waals surface area contributed by atoms with E-state index in [1.165, 1.54) is 46.3 Å². The van der Waals surface area contributed by atoms with Crippen molar-refractivity contribution in [1.82, 2.24) is 0 Å². The number of fused-ring (bicyclic) bond motifs is 1. The lowest BCUT2D eigenvalue weighted by molar-refractivity contribution is 0.332. The Morgan fingerprint density at radius 1 is 0.714 bits per heavy atom.